The van der Waals surface area contributed by atoms with Crippen molar-refractivity contribution in [3.05, 3.63) is 0 Å². The Morgan fingerprint density at radius 3 is 3.12 bits per heavy atom. The molecule has 0 aliphatic heterocycles. The zero-order chi connectivity index (χ0) is 6.24. The monoisotopic (exact) mass is 131 g/mol. The number of nitrogens with zero attached hydrogens (tertiary/aromatic N) is 1. The molecule has 0 spiro atoms. The maximum atomic E-state index is 9.45. The van der Waals surface area contributed by atoms with Gasteiger partial charge in [0.05, 0.1) is 6.54 Å². The molecule has 0 rings (SSSR count). The lowest BCUT2D eigenvalue weighted by Crippen LogP contribution is -1.93. The molecule has 0 N–H and O–H groups in total. The van der Waals surface area contributed by atoms with Gasteiger partial charge >= 0.3 is 0 Å². The van der Waals surface area contributed by atoms with Crippen LogP contribution in [0.4, 0.5) is 0 Å². The standard InChI is InChI=1S/C4H9NO2Si/c1-7-8-3-2-5-4-6/h2-3,8H2,1H3. The highest BCUT2D eigenvalue weighted by atomic mass is 28.2. The zero-order valence-corrected chi connectivity index (χ0v) is 6.30. The molecular formula is C4H9NO2Si. The number of carbonyl (C=O) groups excluding carboxylic acids is 1. The summed E-state index contributed by atoms with van der Waals surface area (Å²) >= 11 is 0. The van der Waals surface area contributed by atoms with Gasteiger partial charge in [-0.05, 0) is 6.04 Å². The first-order chi connectivity index (χ1) is 3.91. The highest BCUT2D eigenvalue weighted by Gasteiger charge is 1.81. The Hall–Kier alpha value is -0.443. The van der Waals surface area contributed by atoms with E-state index in [0.29, 0.717) is 6.54 Å². The number of rotatable bonds is 4. The lowest BCUT2D eigenvalue weighted by atomic mass is 10.8. The molecule has 0 aliphatic carbocycles. The van der Waals surface area contributed by atoms with Crippen LogP contribution in [0.5, 0.6) is 0 Å². The summed E-state index contributed by atoms with van der Waals surface area (Å²) in [5, 5.41) is 0. The third-order valence-corrected chi connectivity index (χ3v) is 1.70. The highest BCUT2D eigenvalue weighted by Crippen LogP contribution is 1.77. The summed E-state index contributed by atoms with van der Waals surface area (Å²) in [4.78, 5) is 12.8. The minimum absolute atomic E-state index is 0.371. The minimum atomic E-state index is -0.371. The van der Waals surface area contributed by atoms with Gasteiger partial charge in [-0.3, -0.25) is 0 Å². The van der Waals surface area contributed by atoms with E-state index in [9.17, 15) is 4.79 Å². The van der Waals surface area contributed by atoms with E-state index in [2.05, 4.69) is 4.99 Å². The molecule has 0 unspecified atom stereocenters. The van der Waals surface area contributed by atoms with Crippen molar-refractivity contribution in [1.82, 2.24) is 0 Å². The van der Waals surface area contributed by atoms with Gasteiger partial charge in [-0.1, -0.05) is 0 Å². The van der Waals surface area contributed by atoms with Crippen LogP contribution in [0.1, 0.15) is 0 Å². The van der Waals surface area contributed by atoms with Crippen molar-refractivity contribution in [2.45, 2.75) is 6.04 Å². The quantitative estimate of drug-likeness (QED) is 0.223. The normalized spacial score (nSPS) is 9.62. The van der Waals surface area contributed by atoms with Gasteiger partial charge in [0.1, 0.15) is 0 Å². The first-order valence-electron chi connectivity index (χ1n) is 2.44. The molecule has 0 aromatic heterocycles. The maximum Gasteiger partial charge on any atom is 0.234 e. The van der Waals surface area contributed by atoms with Gasteiger partial charge in [0.2, 0.25) is 6.08 Å². The average molecular weight is 131 g/mol. The van der Waals surface area contributed by atoms with E-state index in [4.69, 9.17) is 4.43 Å². The van der Waals surface area contributed by atoms with Crippen LogP contribution >= 0.6 is 0 Å². The largest absolute Gasteiger partial charge is 0.427 e. The molecule has 4 heteroatoms. The zero-order valence-electron chi connectivity index (χ0n) is 4.89. The van der Waals surface area contributed by atoms with Crippen LogP contribution < -0.4 is 0 Å². The lowest BCUT2D eigenvalue weighted by molar-refractivity contribution is 0.441. The Kier molecular flexibility index (Phi) is 6.19. The molecule has 0 fully saturated rings. The molecule has 0 amide bonds. The summed E-state index contributed by atoms with van der Waals surface area (Å²) in [6.45, 7) is 0.587. The summed E-state index contributed by atoms with van der Waals surface area (Å²) < 4.78 is 4.84. The van der Waals surface area contributed by atoms with Crippen LogP contribution in [0.3, 0.4) is 0 Å². The van der Waals surface area contributed by atoms with Crippen LogP contribution in [-0.4, -0.2) is 29.5 Å². The molecular weight excluding hydrogens is 122 g/mol. The van der Waals surface area contributed by atoms with Gasteiger partial charge in [-0.15, -0.1) is 0 Å². The van der Waals surface area contributed by atoms with E-state index in [1.165, 1.54) is 6.08 Å². The predicted molar refractivity (Wildman–Crippen MR) is 33.3 cm³/mol. The predicted octanol–water partition coefficient (Wildman–Crippen LogP) is -0.529. The van der Waals surface area contributed by atoms with Gasteiger partial charge in [0.15, 0.2) is 9.76 Å². The first-order valence-corrected chi connectivity index (χ1v) is 4.02. The summed E-state index contributed by atoms with van der Waals surface area (Å²) in [6, 6.07) is 0.936. The third-order valence-electron chi connectivity index (χ3n) is 0.683. The van der Waals surface area contributed by atoms with E-state index < -0.39 is 0 Å². The topological polar surface area (TPSA) is 38.7 Å². The molecule has 46 valence electrons. The van der Waals surface area contributed by atoms with Gasteiger partial charge in [-0.2, -0.15) is 0 Å². The Bertz CT molecular complexity index is 90.0. The van der Waals surface area contributed by atoms with Crippen molar-refractivity contribution in [2.24, 2.45) is 4.99 Å². The van der Waals surface area contributed by atoms with Crippen molar-refractivity contribution in [1.29, 1.82) is 0 Å². The summed E-state index contributed by atoms with van der Waals surface area (Å²) in [5.41, 5.74) is 0. The molecule has 0 radical (unpaired) electrons. The molecule has 0 atom stereocenters. The Labute approximate surface area is 50.7 Å². The van der Waals surface area contributed by atoms with Crippen LogP contribution in [0.2, 0.25) is 6.04 Å². The molecule has 0 aliphatic rings. The molecule has 0 aromatic carbocycles. The first kappa shape index (κ1) is 7.56. The van der Waals surface area contributed by atoms with E-state index >= 15 is 0 Å². The van der Waals surface area contributed by atoms with E-state index in [-0.39, 0.29) is 9.76 Å². The van der Waals surface area contributed by atoms with Crippen molar-refractivity contribution < 1.29 is 9.22 Å². The van der Waals surface area contributed by atoms with E-state index in [0.717, 1.165) is 6.04 Å². The van der Waals surface area contributed by atoms with Gasteiger partial charge in [0.25, 0.3) is 0 Å². The van der Waals surface area contributed by atoms with Crippen LogP contribution in [0, 0.1) is 0 Å². The average Bonchev–Trinajstić information content (AvgIpc) is 1.81. The van der Waals surface area contributed by atoms with Gasteiger partial charge in [0, 0.05) is 7.11 Å². The van der Waals surface area contributed by atoms with Crippen LogP contribution in [-0.2, 0) is 9.22 Å². The van der Waals surface area contributed by atoms with Crippen LogP contribution in [0.15, 0.2) is 4.99 Å². The van der Waals surface area contributed by atoms with E-state index in [1.54, 1.807) is 7.11 Å². The van der Waals surface area contributed by atoms with E-state index in [1.807, 2.05) is 0 Å². The molecule has 0 bridgehead atoms. The second-order valence-corrected chi connectivity index (χ2v) is 3.01. The molecule has 0 aromatic rings. The maximum absolute atomic E-state index is 9.45. The Balaban J connectivity index is 2.82. The Morgan fingerprint density at radius 2 is 2.62 bits per heavy atom. The van der Waals surface area contributed by atoms with Crippen molar-refractivity contribution >= 4 is 15.8 Å². The second-order valence-electron chi connectivity index (χ2n) is 1.32. The SMILES string of the molecule is CO[SiH2]CCN=C=O. The summed E-state index contributed by atoms with van der Waals surface area (Å²) in [6.07, 6.45) is 1.47. The van der Waals surface area contributed by atoms with Crippen molar-refractivity contribution in [2.75, 3.05) is 13.7 Å². The smallest absolute Gasteiger partial charge is 0.234 e. The second kappa shape index (κ2) is 6.56. The van der Waals surface area contributed by atoms with Gasteiger partial charge in [-0.25, -0.2) is 9.79 Å². The number of aliphatic imine (C=N–C) groups is 1. The number of isocyanates is 1. The Morgan fingerprint density at radius 1 is 1.88 bits per heavy atom. The third kappa shape index (κ3) is 5.56. The fourth-order valence-corrected chi connectivity index (χ4v) is 0.909. The molecule has 0 heterocycles. The van der Waals surface area contributed by atoms with Crippen molar-refractivity contribution in [3.63, 3.8) is 0 Å². The highest BCUT2D eigenvalue weighted by molar-refractivity contribution is 6.27. The number of hydrogen-bond acceptors (Lipinski definition) is 3. The fourth-order valence-electron chi connectivity index (χ4n) is 0.334. The summed E-state index contributed by atoms with van der Waals surface area (Å²) in [7, 11) is 1.31. The lowest BCUT2D eigenvalue weighted by Gasteiger charge is -1.88. The number of hydrogen-bond donors (Lipinski definition) is 0. The van der Waals surface area contributed by atoms with Crippen LogP contribution in [0.25, 0.3) is 0 Å². The molecule has 0 saturated carbocycles. The van der Waals surface area contributed by atoms with Crippen molar-refractivity contribution in [3.8, 4) is 0 Å². The fraction of sp³-hybridized carbons (Fsp3) is 0.750. The summed E-state index contributed by atoms with van der Waals surface area (Å²) in [5.74, 6) is 0. The minimum Gasteiger partial charge on any atom is -0.427 e. The molecule has 0 saturated heterocycles. The molecule has 8 heavy (non-hydrogen) atoms. The molecule has 3 nitrogen and oxygen atoms in total. The van der Waals surface area contributed by atoms with Gasteiger partial charge < -0.3 is 4.43 Å².